The normalized spacial score (nSPS) is 11.5. The standard InChI is InChI=1S/C18H21ClN2O2.ClH/c1-12(2)23-17-9-8-14(11-15(17)19)21-18(22)16(20)10-13-6-4-3-5-7-13;/h3-9,11-12,16H,10,20H2,1-2H3,(H,21,22);1H/t16-;/m0./s1. The Balaban J connectivity index is 0.00000288. The van der Waals surface area contributed by atoms with E-state index in [1.807, 2.05) is 44.2 Å². The van der Waals surface area contributed by atoms with E-state index in [1.54, 1.807) is 18.2 Å². The van der Waals surface area contributed by atoms with Crippen molar-refractivity contribution in [3.05, 3.63) is 59.1 Å². The predicted octanol–water partition coefficient (Wildman–Crippen LogP) is 4.06. The summed E-state index contributed by atoms with van der Waals surface area (Å²) in [5.74, 6) is 0.343. The van der Waals surface area contributed by atoms with Crippen LogP contribution >= 0.6 is 24.0 Å². The predicted molar refractivity (Wildman–Crippen MR) is 101 cm³/mol. The number of carbonyl (C=O) groups is 1. The second kappa shape index (κ2) is 9.52. The van der Waals surface area contributed by atoms with E-state index in [0.717, 1.165) is 5.56 Å². The van der Waals surface area contributed by atoms with Crippen molar-refractivity contribution in [1.29, 1.82) is 0 Å². The van der Waals surface area contributed by atoms with Gasteiger partial charge >= 0.3 is 0 Å². The molecular formula is C18H22Cl2N2O2. The largest absolute Gasteiger partial charge is 0.489 e. The SMILES string of the molecule is CC(C)Oc1ccc(NC(=O)[C@@H](N)Cc2ccccc2)cc1Cl.Cl. The maximum absolute atomic E-state index is 12.2. The Morgan fingerprint density at radius 2 is 1.88 bits per heavy atom. The minimum absolute atomic E-state index is 0. The Kier molecular flexibility index (Phi) is 8.05. The van der Waals surface area contributed by atoms with Gasteiger partial charge in [-0.05, 0) is 44.0 Å². The van der Waals surface area contributed by atoms with Crippen LogP contribution < -0.4 is 15.8 Å². The second-order valence-electron chi connectivity index (χ2n) is 5.60. The van der Waals surface area contributed by atoms with Crippen LogP contribution in [0, 0.1) is 0 Å². The molecule has 24 heavy (non-hydrogen) atoms. The number of hydrogen-bond donors (Lipinski definition) is 2. The van der Waals surface area contributed by atoms with E-state index in [4.69, 9.17) is 22.1 Å². The fraction of sp³-hybridized carbons (Fsp3) is 0.278. The molecule has 6 heteroatoms. The fourth-order valence-corrected chi connectivity index (χ4v) is 2.35. The molecule has 0 heterocycles. The summed E-state index contributed by atoms with van der Waals surface area (Å²) in [5.41, 5.74) is 7.58. The van der Waals surface area contributed by atoms with Gasteiger partial charge < -0.3 is 15.8 Å². The molecule has 0 aromatic heterocycles. The van der Waals surface area contributed by atoms with Gasteiger partial charge in [-0.1, -0.05) is 41.9 Å². The molecule has 2 rings (SSSR count). The monoisotopic (exact) mass is 368 g/mol. The van der Waals surface area contributed by atoms with Crippen molar-refractivity contribution < 1.29 is 9.53 Å². The average Bonchev–Trinajstić information content (AvgIpc) is 2.50. The highest BCUT2D eigenvalue weighted by Crippen LogP contribution is 2.28. The molecule has 0 saturated carbocycles. The van der Waals surface area contributed by atoms with Crippen LogP contribution in [-0.4, -0.2) is 18.1 Å². The number of halogens is 2. The lowest BCUT2D eigenvalue weighted by Crippen LogP contribution is -2.37. The quantitative estimate of drug-likeness (QED) is 0.807. The van der Waals surface area contributed by atoms with Crippen LogP contribution in [0.25, 0.3) is 0 Å². The number of amides is 1. The molecular weight excluding hydrogens is 347 g/mol. The van der Waals surface area contributed by atoms with Crippen molar-refractivity contribution in [3.8, 4) is 5.75 Å². The molecule has 0 unspecified atom stereocenters. The van der Waals surface area contributed by atoms with E-state index in [9.17, 15) is 4.79 Å². The van der Waals surface area contributed by atoms with Gasteiger partial charge in [0, 0.05) is 5.69 Å². The first kappa shape index (κ1) is 20.3. The second-order valence-corrected chi connectivity index (χ2v) is 6.00. The Bertz CT molecular complexity index is 663. The van der Waals surface area contributed by atoms with E-state index in [-0.39, 0.29) is 24.4 Å². The molecule has 2 aromatic rings. The lowest BCUT2D eigenvalue weighted by Gasteiger charge is -2.15. The lowest BCUT2D eigenvalue weighted by molar-refractivity contribution is -0.117. The van der Waals surface area contributed by atoms with Crippen LogP contribution in [0.15, 0.2) is 48.5 Å². The van der Waals surface area contributed by atoms with Gasteiger partial charge in [-0.15, -0.1) is 12.4 Å². The third-order valence-corrected chi connectivity index (χ3v) is 3.49. The van der Waals surface area contributed by atoms with Crippen molar-refractivity contribution in [2.45, 2.75) is 32.4 Å². The van der Waals surface area contributed by atoms with Gasteiger partial charge in [-0.2, -0.15) is 0 Å². The maximum Gasteiger partial charge on any atom is 0.241 e. The summed E-state index contributed by atoms with van der Waals surface area (Å²) >= 11 is 6.16. The fourth-order valence-electron chi connectivity index (χ4n) is 2.12. The summed E-state index contributed by atoms with van der Waals surface area (Å²) in [4.78, 5) is 12.2. The molecule has 2 aromatic carbocycles. The first-order chi connectivity index (χ1) is 11.0. The zero-order valence-electron chi connectivity index (χ0n) is 13.7. The highest BCUT2D eigenvalue weighted by molar-refractivity contribution is 6.32. The third-order valence-electron chi connectivity index (χ3n) is 3.20. The number of hydrogen-bond acceptors (Lipinski definition) is 3. The topological polar surface area (TPSA) is 64.3 Å². The Labute approximate surface area is 153 Å². The molecule has 0 aliphatic heterocycles. The number of nitrogens with one attached hydrogen (secondary N) is 1. The van der Waals surface area contributed by atoms with Crippen molar-refractivity contribution in [2.75, 3.05) is 5.32 Å². The summed E-state index contributed by atoms with van der Waals surface area (Å²) in [7, 11) is 0. The summed E-state index contributed by atoms with van der Waals surface area (Å²) in [6, 6.07) is 14.2. The van der Waals surface area contributed by atoms with E-state index in [2.05, 4.69) is 5.32 Å². The molecule has 4 nitrogen and oxygen atoms in total. The third kappa shape index (κ3) is 6.04. The van der Waals surface area contributed by atoms with Crippen LogP contribution in [0.3, 0.4) is 0 Å². The molecule has 1 atom stereocenters. The molecule has 0 bridgehead atoms. The van der Waals surface area contributed by atoms with E-state index in [0.29, 0.717) is 22.9 Å². The molecule has 0 fully saturated rings. The van der Waals surface area contributed by atoms with Crippen molar-refractivity contribution in [1.82, 2.24) is 0 Å². The lowest BCUT2D eigenvalue weighted by atomic mass is 10.1. The summed E-state index contributed by atoms with van der Waals surface area (Å²) in [6.45, 7) is 3.85. The number of rotatable bonds is 6. The zero-order valence-corrected chi connectivity index (χ0v) is 15.2. The van der Waals surface area contributed by atoms with Crippen LogP contribution in [0.1, 0.15) is 19.4 Å². The van der Waals surface area contributed by atoms with Gasteiger partial charge in [-0.25, -0.2) is 0 Å². The number of nitrogens with two attached hydrogens (primary N) is 1. The molecule has 0 spiro atoms. The molecule has 0 radical (unpaired) electrons. The van der Waals surface area contributed by atoms with Crippen molar-refractivity contribution in [3.63, 3.8) is 0 Å². The van der Waals surface area contributed by atoms with Gasteiger partial charge in [0.2, 0.25) is 5.91 Å². The summed E-state index contributed by atoms with van der Waals surface area (Å²) in [6.07, 6.45) is 0.516. The maximum atomic E-state index is 12.2. The highest BCUT2D eigenvalue weighted by atomic mass is 35.5. The van der Waals surface area contributed by atoms with Gasteiger partial charge in [0.25, 0.3) is 0 Å². The van der Waals surface area contributed by atoms with E-state index in [1.165, 1.54) is 0 Å². The molecule has 0 aliphatic rings. The van der Waals surface area contributed by atoms with Gasteiger partial charge in [0.15, 0.2) is 0 Å². The Morgan fingerprint density at radius 3 is 2.46 bits per heavy atom. The van der Waals surface area contributed by atoms with Crippen molar-refractivity contribution >= 4 is 35.6 Å². The number of anilines is 1. The highest BCUT2D eigenvalue weighted by Gasteiger charge is 2.15. The Morgan fingerprint density at radius 1 is 1.21 bits per heavy atom. The molecule has 130 valence electrons. The summed E-state index contributed by atoms with van der Waals surface area (Å²) in [5, 5.41) is 3.23. The number of benzene rings is 2. The minimum Gasteiger partial charge on any atom is -0.489 e. The molecule has 0 saturated heterocycles. The van der Waals surface area contributed by atoms with Crippen LogP contribution in [0.5, 0.6) is 5.75 Å². The first-order valence-electron chi connectivity index (χ1n) is 7.52. The zero-order chi connectivity index (χ0) is 16.8. The first-order valence-corrected chi connectivity index (χ1v) is 7.90. The van der Waals surface area contributed by atoms with E-state index >= 15 is 0 Å². The molecule has 0 aliphatic carbocycles. The average molecular weight is 369 g/mol. The van der Waals surface area contributed by atoms with Crippen molar-refractivity contribution in [2.24, 2.45) is 5.73 Å². The van der Waals surface area contributed by atoms with Crippen LogP contribution in [0.2, 0.25) is 5.02 Å². The molecule has 1 amide bonds. The van der Waals surface area contributed by atoms with E-state index < -0.39 is 6.04 Å². The number of carbonyl (C=O) groups excluding carboxylic acids is 1. The smallest absolute Gasteiger partial charge is 0.241 e. The van der Waals surface area contributed by atoms with Gasteiger partial charge in [0.1, 0.15) is 5.75 Å². The minimum atomic E-state index is -0.622. The number of ether oxygens (including phenoxy) is 1. The Hall–Kier alpha value is -1.75. The summed E-state index contributed by atoms with van der Waals surface area (Å²) < 4.78 is 5.56. The van der Waals surface area contributed by atoms with Gasteiger partial charge in [-0.3, -0.25) is 4.79 Å². The van der Waals surface area contributed by atoms with Crippen LogP contribution in [0.4, 0.5) is 5.69 Å². The molecule has 3 N–H and O–H groups in total. The van der Waals surface area contributed by atoms with Gasteiger partial charge in [0.05, 0.1) is 17.2 Å². The van der Waals surface area contributed by atoms with Crippen LogP contribution in [-0.2, 0) is 11.2 Å².